The summed E-state index contributed by atoms with van der Waals surface area (Å²) in [5.74, 6) is 0.0635. The molecule has 0 aromatic rings. The highest BCUT2D eigenvalue weighted by molar-refractivity contribution is 5.92. The summed E-state index contributed by atoms with van der Waals surface area (Å²) in [5.41, 5.74) is 0. The molecule has 0 heterocycles. The van der Waals surface area contributed by atoms with E-state index in [1.165, 1.54) is 109 Å². The maximum atomic E-state index is 13.4. The van der Waals surface area contributed by atoms with E-state index in [0.29, 0.717) is 19.3 Å². The van der Waals surface area contributed by atoms with Gasteiger partial charge < -0.3 is 0 Å². The van der Waals surface area contributed by atoms with Crippen molar-refractivity contribution in [2.24, 2.45) is 5.92 Å². The lowest BCUT2D eigenvalue weighted by atomic mass is 9.87. The van der Waals surface area contributed by atoms with E-state index >= 15 is 0 Å². The molecule has 0 aliphatic rings. The van der Waals surface area contributed by atoms with Crippen LogP contribution in [-0.2, 0) is 14.4 Å². The van der Waals surface area contributed by atoms with Crippen molar-refractivity contribution in [1.29, 1.82) is 0 Å². The van der Waals surface area contributed by atoms with Gasteiger partial charge in [-0.15, -0.1) is 0 Å². The van der Waals surface area contributed by atoms with Crippen LogP contribution in [0.4, 0.5) is 0 Å². The second-order valence-electron chi connectivity index (χ2n) is 17.6. The topological polar surface area (TPSA) is 51.2 Å². The summed E-state index contributed by atoms with van der Waals surface area (Å²) in [6.45, 7) is 6.68. The lowest BCUT2D eigenvalue weighted by molar-refractivity contribution is -0.131. The summed E-state index contributed by atoms with van der Waals surface area (Å²) in [6, 6.07) is 0. The molecule has 0 aromatic carbocycles. The number of hydrogen-bond acceptors (Lipinski definition) is 3. The lowest BCUT2D eigenvalue weighted by Crippen LogP contribution is -2.22. The van der Waals surface area contributed by atoms with Gasteiger partial charge in [0, 0.05) is 38.0 Å². The molecule has 0 saturated heterocycles. The molecule has 3 nitrogen and oxygen atoms in total. The maximum Gasteiger partial charge on any atom is 0.136 e. The monoisotopic (exact) mass is 831 g/mol. The fraction of sp³-hybridized carbons (Fsp3) is 0.737. The molecule has 0 bridgehead atoms. The SMILES string of the molecule is CC/C=C\C/C=C\C/C=C\CCCCCCCC(=O)CC(CC(=O)CCCCCCC/C=C\CCCCCCCC)C(=O)CCCCCCC/C=C\C/C=C\CCCCC. The minimum absolute atomic E-state index is 0.142. The van der Waals surface area contributed by atoms with E-state index in [9.17, 15) is 14.4 Å². The van der Waals surface area contributed by atoms with Crippen LogP contribution in [0.25, 0.3) is 0 Å². The molecule has 0 aliphatic heterocycles. The van der Waals surface area contributed by atoms with Crippen molar-refractivity contribution in [2.75, 3.05) is 0 Å². The van der Waals surface area contributed by atoms with Gasteiger partial charge >= 0.3 is 0 Å². The normalized spacial score (nSPS) is 12.8. The van der Waals surface area contributed by atoms with Crippen LogP contribution >= 0.6 is 0 Å². The van der Waals surface area contributed by atoms with Gasteiger partial charge in [0.05, 0.1) is 0 Å². The predicted octanol–water partition coefficient (Wildman–Crippen LogP) is 18.5. The number of carbonyl (C=O) groups is 3. The number of carbonyl (C=O) groups excluding carboxylic acids is 3. The molecule has 0 spiro atoms. The van der Waals surface area contributed by atoms with Crippen molar-refractivity contribution in [1.82, 2.24) is 0 Å². The average Bonchev–Trinajstić information content (AvgIpc) is 3.24. The highest BCUT2D eigenvalue weighted by Gasteiger charge is 2.24. The number of hydrogen-bond donors (Lipinski definition) is 0. The zero-order valence-corrected chi connectivity index (χ0v) is 40.1. The van der Waals surface area contributed by atoms with Crippen LogP contribution < -0.4 is 0 Å². The number of ketones is 3. The molecule has 60 heavy (non-hydrogen) atoms. The molecule has 0 amide bonds. The van der Waals surface area contributed by atoms with Gasteiger partial charge in [0.15, 0.2) is 0 Å². The zero-order valence-electron chi connectivity index (χ0n) is 40.1. The largest absolute Gasteiger partial charge is 0.300 e. The number of allylic oxidation sites excluding steroid dienone is 12. The highest BCUT2D eigenvalue weighted by atomic mass is 16.1. The molecule has 3 heteroatoms. The van der Waals surface area contributed by atoms with Crippen LogP contribution in [0, 0.1) is 5.92 Å². The summed E-state index contributed by atoms with van der Waals surface area (Å²) in [7, 11) is 0. The fourth-order valence-corrected chi connectivity index (χ4v) is 7.70. The fourth-order valence-electron chi connectivity index (χ4n) is 7.70. The van der Waals surface area contributed by atoms with Gasteiger partial charge in [0.2, 0.25) is 0 Å². The maximum absolute atomic E-state index is 13.4. The highest BCUT2D eigenvalue weighted by Crippen LogP contribution is 2.21. The Morgan fingerprint density at radius 2 is 0.600 bits per heavy atom. The molecule has 0 aromatic heterocycles. The van der Waals surface area contributed by atoms with Crippen molar-refractivity contribution in [3.05, 3.63) is 72.9 Å². The van der Waals surface area contributed by atoms with Crippen molar-refractivity contribution < 1.29 is 14.4 Å². The van der Waals surface area contributed by atoms with Crippen molar-refractivity contribution in [3.63, 3.8) is 0 Å². The molecule has 344 valence electrons. The quantitative estimate of drug-likeness (QED) is 0.0453. The van der Waals surface area contributed by atoms with Crippen LogP contribution in [0.1, 0.15) is 265 Å². The Balaban J connectivity index is 4.49. The Hall–Kier alpha value is -2.55. The van der Waals surface area contributed by atoms with Crippen LogP contribution in [0.15, 0.2) is 72.9 Å². The average molecular weight is 831 g/mol. The molecular weight excluding hydrogens is 733 g/mol. The van der Waals surface area contributed by atoms with E-state index in [1.807, 2.05) is 0 Å². The summed E-state index contributed by atoms with van der Waals surface area (Å²) >= 11 is 0. The predicted molar refractivity (Wildman–Crippen MR) is 266 cm³/mol. The van der Waals surface area contributed by atoms with E-state index in [4.69, 9.17) is 0 Å². The number of rotatable bonds is 47. The molecule has 0 N–H and O–H groups in total. The van der Waals surface area contributed by atoms with E-state index in [2.05, 4.69) is 93.7 Å². The third-order valence-electron chi connectivity index (χ3n) is 11.6. The van der Waals surface area contributed by atoms with Gasteiger partial charge in [-0.2, -0.15) is 0 Å². The van der Waals surface area contributed by atoms with Crippen molar-refractivity contribution in [3.8, 4) is 0 Å². The van der Waals surface area contributed by atoms with Crippen LogP contribution in [-0.4, -0.2) is 17.3 Å². The lowest BCUT2D eigenvalue weighted by Gasteiger charge is -2.15. The minimum Gasteiger partial charge on any atom is -0.300 e. The molecule has 0 saturated carbocycles. The number of unbranched alkanes of at least 4 members (excludes halogenated alkanes) is 24. The Bertz CT molecular complexity index is 1130. The van der Waals surface area contributed by atoms with Crippen molar-refractivity contribution in [2.45, 2.75) is 265 Å². The van der Waals surface area contributed by atoms with Gasteiger partial charge in [-0.05, 0) is 109 Å². The van der Waals surface area contributed by atoms with E-state index in [0.717, 1.165) is 103 Å². The van der Waals surface area contributed by atoms with Gasteiger partial charge in [0.25, 0.3) is 0 Å². The summed E-state index contributed by atoms with van der Waals surface area (Å²) < 4.78 is 0. The molecule has 1 unspecified atom stereocenters. The first-order valence-electron chi connectivity index (χ1n) is 26.0. The minimum atomic E-state index is -0.423. The molecule has 1 atom stereocenters. The molecule has 0 radical (unpaired) electrons. The molecule has 0 aliphatic carbocycles. The van der Waals surface area contributed by atoms with Crippen molar-refractivity contribution >= 4 is 17.3 Å². The third-order valence-corrected chi connectivity index (χ3v) is 11.6. The first kappa shape index (κ1) is 57.4. The van der Waals surface area contributed by atoms with Gasteiger partial charge in [-0.25, -0.2) is 0 Å². The molecule has 0 rings (SSSR count). The molecular formula is C57H98O3. The first-order chi connectivity index (χ1) is 29.5. The van der Waals surface area contributed by atoms with Crippen LogP contribution in [0.2, 0.25) is 0 Å². The van der Waals surface area contributed by atoms with Crippen LogP contribution in [0.3, 0.4) is 0 Å². The molecule has 0 fully saturated rings. The van der Waals surface area contributed by atoms with Gasteiger partial charge in [-0.1, -0.05) is 196 Å². The first-order valence-corrected chi connectivity index (χ1v) is 26.0. The summed E-state index contributed by atoms with van der Waals surface area (Å²) in [5, 5.41) is 0. The second kappa shape index (κ2) is 49.1. The smallest absolute Gasteiger partial charge is 0.136 e. The third kappa shape index (κ3) is 45.0. The Morgan fingerprint density at radius 1 is 0.317 bits per heavy atom. The number of Topliss-reactive ketones (excluding diaryl/α,β-unsaturated/α-hetero) is 3. The Morgan fingerprint density at radius 3 is 1.00 bits per heavy atom. The van der Waals surface area contributed by atoms with Gasteiger partial charge in [-0.3, -0.25) is 14.4 Å². The Kier molecular flexibility index (Phi) is 47.0. The van der Waals surface area contributed by atoms with E-state index < -0.39 is 5.92 Å². The van der Waals surface area contributed by atoms with Crippen LogP contribution in [0.5, 0.6) is 0 Å². The van der Waals surface area contributed by atoms with Gasteiger partial charge in [0.1, 0.15) is 17.3 Å². The summed E-state index contributed by atoms with van der Waals surface area (Å²) in [6.07, 6.45) is 68.0. The second-order valence-corrected chi connectivity index (χ2v) is 17.6. The summed E-state index contributed by atoms with van der Waals surface area (Å²) in [4.78, 5) is 39.6. The standard InChI is InChI=1S/C57H98O3/c1-4-7-10-13-16-19-22-25-28-31-34-37-40-43-46-49-55(58)52-54(57(60)51-48-45-42-39-36-33-30-27-24-21-18-15-12-9-6-3)53-56(59)50-47-44-41-38-35-32-29-26-23-20-17-14-11-8-5-2/h7,10,16,18-19,21,25-30,54H,4-6,8-9,11-15,17,20,22-24,31-53H2,1-3H3/b10-7-,19-16-,21-18-,28-25-,29-26-,30-27-. The van der Waals surface area contributed by atoms with E-state index in [-0.39, 0.29) is 30.2 Å². The zero-order chi connectivity index (χ0) is 43.7. The van der Waals surface area contributed by atoms with E-state index in [1.54, 1.807) is 0 Å². The Labute approximate surface area is 374 Å².